The summed E-state index contributed by atoms with van der Waals surface area (Å²) in [6.45, 7) is 4.35. The molecule has 0 spiro atoms. The number of ether oxygens (including phenoxy) is 1. The minimum absolute atomic E-state index is 0.0872. The molecule has 4 rings (SSSR count). The molecule has 0 radical (unpaired) electrons. The zero-order chi connectivity index (χ0) is 23.4. The Bertz CT molecular complexity index is 1370. The van der Waals surface area contributed by atoms with Gasteiger partial charge in [-0.2, -0.15) is 0 Å². The number of carbonyl (C=O) groups excluding carboxylic acids is 1. The molecule has 0 bridgehead atoms. The van der Waals surface area contributed by atoms with Gasteiger partial charge in [0.1, 0.15) is 5.75 Å². The van der Waals surface area contributed by atoms with Crippen LogP contribution in [0, 0.1) is 6.92 Å². The molecule has 33 heavy (non-hydrogen) atoms. The predicted octanol–water partition coefficient (Wildman–Crippen LogP) is 5.48. The normalized spacial score (nSPS) is 10.9. The number of hydrogen-bond acceptors (Lipinski definition) is 5. The van der Waals surface area contributed by atoms with Gasteiger partial charge in [0.25, 0.3) is 5.56 Å². The van der Waals surface area contributed by atoms with Gasteiger partial charge in [-0.1, -0.05) is 35.5 Å². The van der Waals surface area contributed by atoms with Crippen molar-refractivity contribution < 1.29 is 9.53 Å². The van der Waals surface area contributed by atoms with Crippen molar-refractivity contribution in [2.24, 2.45) is 0 Å². The van der Waals surface area contributed by atoms with Gasteiger partial charge >= 0.3 is 0 Å². The van der Waals surface area contributed by atoms with E-state index >= 15 is 0 Å². The van der Waals surface area contributed by atoms with Crippen LogP contribution in [0.1, 0.15) is 12.5 Å². The number of hydrogen-bond donors (Lipinski definition) is 1. The molecule has 3 aromatic carbocycles. The molecule has 0 fully saturated rings. The van der Waals surface area contributed by atoms with Crippen molar-refractivity contribution in [1.82, 2.24) is 9.55 Å². The summed E-state index contributed by atoms with van der Waals surface area (Å²) < 4.78 is 7.04. The number of para-hydroxylation sites is 1. The summed E-state index contributed by atoms with van der Waals surface area (Å²) in [5, 5.41) is 4.45. The highest BCUT2D eigenvalue weighted by atomic mass is 35.5. The molecule has 1 amide bonds. The van der Waals surface area contributed by atoms with E-state index in [0.29, 0.717) is 39.1 Å². The lowest BCUT2D eigenvalue weighted by molar-refractivity contribution is -0.113. The van der Waals surface area contributed by atoms with Crippen molar-refractivity contribution in [3.05, 3.63) is 87.7 Å². The topological polar surface area (TPSA) is 73.2 Å². The highest BCUT2D eigenvalue weighted by molar-refractivity contribution is 7.99. The minimum atomic E-state index is -0.203. The molecule has 1 aromatic heterocycles. The fourth-order valence-electron chi connectivity index (χ4n) is 3.38. The summed E-state index contributed by atoms with van der Waals surface area (Å²) in [5.41, 5.74) is 2.61. The number of aryl methyl sites for hydroxylation is 1. The van der Waals surface area contributed by atoms with E-state index in [4.69, 9.17) is 16.3 Å². The summed E-state index contributed by atoms with van der Waals surface area (Å²) in [4.78, 5) is 30.7. The van der Waals surface area contributed by atoms with Crippen LogP contribution in [0.4, 0.5) is 5.69 Å². The maximum atomic E-state index is 13.3. The smallest absolute Gasteiger partial charge is 0.266 e. The fourth-order valence-corrected chi connectivity index (χ4v) is 4.42. The number of carbonyl (C=O) groups is 1. The van der Waals surface area contributed by atoms with Gasteiger partial charge in [0.2, 0.25) is 5.91 Å². The van der Waals surface area contributed by atoms with Crippen LogP contribution in [-0.4, -0.2) is 27.8 Å². The maximum absolute atomic E-state index is 13.3. The average molecular weight is 480 g/mol. The fraction of sp³-hybridized carbons (Fsp3) is 0.160. The number of fused-ring (bicyclic) bond motifs is 1. The van der Waals surface area contributed by atoms with Crippen LogP contribution >= 0.6 is 23.4 Å². The molecule has 8 heteroatoms. The standard InChI is InChI=1S/C25H22ClN3O3S/c1-3-32-19-11-9-18(10-12-19)29-24(31)20-6-4-5-7-22(20)28-25(29)33-15-23(30)27-21-13-8-17(26)14-16(21)2/h4-14H,3,15H2,1-2H3,(H,27,30). The van der Waals surface area contributed by atoms with E-state index in [1.807, 2.05) is 50.2 Å². The molecule has 1 N–H and O–H groups in total. The van der Waals surface area contributed by atoms with Crippen LogP contribution in [0.3, 0.4) is 0 Å². The first-order valence-corrected chi connectivity index (χ1v) is 11.8. The van der Waals surface area contributed by atoms with Gasteiger partial charge in [0.15, 0.2) is 5.16 Å². The lowest BCUT2D eigenvalue weighted by Gasteiger charge is -2.14. The second kappa shape index (κ2) is 10.1. The lowest BCUT2D eigenvalue weighted by Crippen LogP contribution is -2.23. The first-order chi connectivity index (χ1) is 16.0. The molecule has 6 nitrogen and oxygen atoms in total. The SMILES string of the molecule is CCOc1ccc(-n2c(SCC(=O)Nc3ccc(Cl)cc3C)nc3ccccc3c2=O)cc1. The molecule has 4 aromatic rings. The summed E-state index contributed by atoms with van der Waals surface area (Å²) in [5.74, 6) is 0.602. The predicted molar refractivity (Wildman–Crippen MR) is 134 cm³/mol. The number of rotatable bonds is 7. The monoisotopic (exact) mass is 479 g/mol. The van der Waals surface area contributed by atoms with Gasteiger partial charge in [-0.25, -0.2) is 4.98 Å². The number of amides is 1. The first-order valence-electron chi connectivity index (χ1n) is 10.4. The Morgan fingerprint density at radius 2 is 1.88 bits per heavy atom. The highest BCUT2D eigenvalue weighted by Crippen LogP contribution is 2.24. The summed E-state index contributed by atoms with van der Waals surface area (Å²) in [7, 11) is 0. The highest BCUT2D eigenvalue weighted by Gasteiger charge is 2.15. The molecular formula is C25H22ClN3O3S. The zero-order valence-electron chi connectivity index (χ0n) is 18.2. The summed E-state index contributed by atoms with van der Waals surface area (Å²) >= 11 is 7.20. The van der Waals surface area contributed by atoms with Gasteiger partial charge in [0, 0.05) is 10.7 Å². The number of nitrogens with one attached hydrogen (secondary N) is 1. The molecule has 0 unspecified atom stereocenters. The van der Waals surface area contributed by atoms with E-state index in [-0.39, 0.29) is 17.2 Å². The van der Waals surface area contributed by atoms with Gasteiger partial charge in [0.05, 0.1) is 29.0 Å². The number of benzene rings is 3. The number of nitrogens with zero attached hydrogens (tertiary/aromatic N) is 2. The van der Waals surface area contributed by atoms with E-state index in [0.717, 1.165) is 11.3 Å². The van der Waals surface area contributed by atoms with Gasteiger partial charge < -0.3 is 10.1 Å². The third kappa shape index (κ3) is 5.21. The van der Waals surface area contributed by atoms with Gasteiger partial charge in [-0.15, -0.1) is 0 Å². The first kappa shape index (κ1) is 22.9. The lowest BCUT2D eigenvalue weighted by atomic mass is 10.2. The van der Waals surface area contributed by atoms with Crippen molar-refractivity contribution in [1.29, 1.82) is 0 Å². The van der Waals surface area contributed by atoms with Crippen LogP contribution in [-0.2, 0) is 4.79 Å². The molecule has 0 aliphatic heterocycles. The Balaban J connectivity index is 1.65. The zero-order valence-corrected chi connectivity index (χ0v) is 19.7. The van der Waals surface area contributed by atoms with Crippen LogP contribution in [0.2, 0.25) is 5.02 Å². The maximum Gasteiger partial charge on any atom is 0.266 e. The van der Waals surface area contributed by atoms with E-state index < -0.39 is 0 Å². The molecule has 0 aliphatic carbocycles. The Labute approximate surface area is 200 Å². The van der Waals surface area contributed by atoms with Crippen molar-refractivity contribution in [2.45, 2.75) is 19.0 Å². The van der Waals surface area contributed by atoms with Gasteiger partial charge in [-0.05, 0) is 74.0 Å². The third-order valence-corrected chi connectivity index (χ3v) is 6.12. The Hall–Kier alpha value is -3.29. The average Bonchev–Trinajstić information content (AvgIpc) is 2.81. The van der Waals surface area contributed by atoms with Crippen molar-refractivity contribution in [2.75, 3.05) is 17.7 Å². The molecule has 0 aliphatic rings. The largest absolute Gasteiger partial charge is 0.494 e. The number of anilines is 1. The quantitative estimate of drug-likeness (QED) is 0.281. The Morgan fingerprint density at radius 3 is 2.61 bits per heavy atom. The van der Waals surface area contributed by atoms with Crippen LogP contribution in [0.25, 0.3) is 16.6 Å². The number of aromatic nitrogens is 2. The van der Waals surface area contributed by atoms with E-state index in [1.165, 1.54) is 16.3 Å². The van der Waals surface area contributed by atoms with Crippen LogP contribution in [0.5, 0.6) is 5.75 Å². The minimum Gasteiger partial charge on any atom is -0.494 e. The second-order valence-corrected chi connectivity index (χ2v) is 8.65. The molecule has 1 heterocycles. The van der Waals surface area contributed by atoms with Gasteiger partial charge in [-0.3, -0.25) is 14.2 Å². The molecule has 168 valence electrons. The van der Waals surface area contributed by atoms with E-state index in [2.05, 4.69) is 10.3 Å². The van der Waals surface area contributed by atoms with Crippen molar-refractivity contribution in [3.63, 3.8) is 0 Å². The summed E-state index contributed by atoms with van der Waals surface area (Å²) in [6.07, 6.45) is 0. The molecule has 0 saturated carbocycles. The Morgan fingerprint density at radius 1 is 1.12 bits per heavy atom. The van der Waals surface area contributed by atoms with E-state index in [1.54, 1.807) is 30.3 Å². The van der Waals surface area contributed by atoms with Crippen molar-refractivity contribution >= 4 is 45.9 Å². The Kier molecular flexibility index (Phi) is 7.01. The van der Waals surface area contributed by atoms with Crippen LogP contribution in [0.15, 0.2) is 76.7 Å². The van der Waals surface area contributed by atoms with Crippen molar-refractivity contribution in [3.8, 4) is 11.4 Å². The second-order valence-electron chi connectivity index (χ2n) is 7.28. The molecular weight excluding hydrogens is 458 g/mol. The third-order valence-electron chi connectivity index (χ3n) is 4.95. The van der Waals surface area contributed by atoms with E-state index in [9.17, 15) is 9.59 Å². The number of thioether (sulfide) groups is 1. The van der Waals surface area contributed by atoms with Crippen LogP contribution < -0.4 is 15.6 Å². The molecule has 0 atom stereocenters. The number of halogens is 1. The molecule has 0 saturated heterocycles. The summed E-state index contributed by atoms with van der Waals surface area (Å²) in [6, 6.07) is 19.7.